The van der Waals surface area contributed by atoms with Gasteiger partial charge in [-0.25, -0.2) is 23.6 Å². The van der Waals surface area contributed by atoms with Gasteiger partial charge in [0, 0.05) is 23.3 Å². The molecule has 0 fully saturated rings. The predicted octanol–water partition coefficient (Wildman–Crippen LogP) is 2.90. The smallest absolute Gasteiger partial charge is 0.213 e. The molecule has 0 spiro atoms. The monoisotopic (exact) mass is 565 g/mol. The molecule has 0 saturated carbocycles. The molecule has 41 heavy (non-hydrogen) atoms. The summed E-state index contributed by atoms with van der Waals surface area (Å²) in [5.41, 5.74) is 9.29. The van der Waals surface area contributed by atoms with Crippen LogP contribution in [0, 0.1) is 10.2 Å². The molecule has 7 nitrogen and oxygen atoms in total. The lowest BCUT2D eigenvalue weighted by Gasteiger charge is -2.17. The second-order valence-electron chi connectivity index (χ2n) is 9.64. The predicted molar refractivity (Wildman–Crippen MR) is 147 cm³/mol. The third-order valence-electron chi connectivity index (χ3n) is 6.74. The Morgan fingerprint density at radius 2 is 1.07 bits per heavy atom. The van der Waals surface area contributed by atoms with Crippen molar-refractivity contribution in [1.82, 2.24) is 9.97 Å². The number of nitrogens with zero attached hydrogens (tertiary/aromatic N) is 2. The van der Waals surface area contributed by atoms with E-state index in [1.807, 2.05) is 12.1 Å². The summed E-state index contributed by atoms with van der Waals surface area (Å²) in [5.74, 6) is 1.20. The fraction of sp³-hybridized carbons (Fsp3) is 0.0909. The van der Waals surface area contributed by atoms with Gasteiger partial charge in [0.25, 0.3) is 0 Å². The molecular formula is C33H28ClN3O4. The van der Waals surface area contributed by atoms with E-state index in [1.165, 1.54) is 33.6 Å². The summed E-state index contributed by atoms with van der Waals surface area (Å²) >= 11 is 0. The maximum atomic E-state index is 8.49. The Kier molecular flexibility index (Phi) is 8.54. The summed E-state index contributed by atoms with van der Waals surface area (Å²) in [5, 5.41) is 0. The fourth-order valence-corrected chi connectivity index (χ4v) is 4.88. The third kappa shape index (κ3) is 7.24. The molecule has 8 heteroatoms. The van der Waals surface area contributed by atoms with Crippen LogP contribution < -0.4 is 23.2 Å². The van der Waals surface area contributed by atoms with Crippen molar-refractivity contribution in [2.24, 2.45) is 0 Å². The van der Waals surface area contributed by atoms with Crippen LogP contribution in [0.15, 0.2) is 127 Å². The molecule has 1 atom stereocenters. The van der Waals surface area contributed by atoms with Crippen LogP contribution in [0.1, 0.15) is 18.7 Å². The van der Waals surface area contributed by atoms with E-state index in [-0.39, 0.29) is 5.92 Å². The standard InChI is InChI=1S/C33H28N3.ClHO4/c1-24(33-34-29-19-11-12-20-30(29)35-33)23-36-31(26-15-7-3-8-16-26)21-28(25-13-5-2-6-14-25)22-32(36)27-17-9-4-10-18-27;2-1(3,4)5/h2-22,24H,23H2,1H3,(H,34,35);(H,2,3,4,5)/q+1;/p-1. The molecule has 206 valence electrons. The summed E-state index contributed by atoms with van der Waals surface area (Å²) in [7, 11) is -4.94. The minimum atomic E-state index is -4.94. The van der Waals surface area contributed by atoms with Gasteiger partial charge >= 0.3 is 0 Å². The van der Waals surface area contributed by atoms with Gasteiger partial charge in [0.1, 0.15) is 5.82 Å². The lowest BCUT2D eigenvalue weighted by atomic mass is 9.98. The van der Waals surface area contributed by atoms with Crippen LogP contribution in [-0.4, -0.2) is 9.97 Å². The van der Waals surface area contributed by atoms with Crippen LogP contribution in [0.2, 0.25) is 0 Å². The molecule has 6 rings (SSSR count). The van der Waals surface area contributed by atoms with Crippen molar-refractivity contribution in [3.63, 3.8) is 0 Å². The largest absolute Gasteiger partial charge is 0.342 e. The number of benzene rings is 4. The van der Waals surface area contributed by atoms with Gasteiger partial charge < -0.3 is 4.98 Å². The average Bonchev–Trinajstić information content (AvgIpc) is 3.42. The maximum absolute atomic E-state index is 8.49. The number of pyridine rings is 1. The van der Waals surface area contributed by atoms with E-state index in [0.717, 1.165) is 23.4 Å². The zero-order chi connectivity index (χ0) is 28.8. The second kappa shape index (κ2) is 12.4. The van der Waals surface area contributed by atoms with Crippen molar-refractivity contribution in [1.29, 1.82) is 0 Å². The second-order valence-corrected chi connectivity index (χ2v) is 10.4. The highest BCUT2D eigenvalue weighted by Gasteiger charge is 2.26. The number of hydrogen-bond donors (Lipinski definition) is 1. The van der Waals surface area contributed by atoms with Crippen LogP contribution in [0.4, 0.5) is 0 Å². The van der Waals surface area contributed by atoms with Gasteiger partial charge in [-0.15, -0.1) is 10.2 Å². The Balaban J connectivity index is 0.000000623. The zero-order valence-corrected chi connectivity index (χ0v) is 23.1. The van der Waals surface area contributed by atoms with E-state index in [4.69, 9.17) is 23.6 Å². The van der Waals surface area contributed by atoms with Crippen molar-refractivity contribution in [2.45, 2.75) is 19.4 Å². The van der Waals surface area contributed by atoms with Gasteiger partial charge in [-0.2, -0.15) is 4.57 Å². The molecule has 2 aromatic heterocycles. The van der Waals surface area contributed by atoms with Gasteiger partial charge in [0.05, 0.1) is 17.0 Å². The van der Waals surface area contributed by atoms with E-state index in [1.54, 1.807) is 0 Å². The quantitative estimate of drug-likeness (QED) is 0.311. The van der Waals surface area contributed by atoms with Crippen molar-refractivity contribution >= 4 is 11.0 Å². The molecule has 6 aromatic rings. The molecule has 0 bridgehead atoms. The summed E-state index contributed by atoms with van der Waals surface area (Å²) in [4.78, 5) is 8.46. The average molecular weight is 566 g/mol. The molecule has 0 amide bonds. The minimum absolute atomic E-state index is 0.190. The molecule has 2 heterocycles. The first kappa shape index (κ1) is 28.2. The highest BCUT2D eigenvalue weighted by molar-refractivity contribution is 5.75. The summed E-state index contributed by atoms with van der Waals surface area (Å²) in [6.45, 7) is 3.04. The number of para-hydroxylation sites is 2. The van der Waals surface area contributed by atoms with Crippen LogP contribution in [0.5, 0.6) is 0 Å². The molecule has 0 aliphatic carbocycles. The number of imidazole rings is 1. The first-order valence-corrected chi connectivity index (χ1v) is 14.3. The van der Waals surface area contributed by atoms with Gasteiger partial charge in [-0.05, 0) is 54.4 Å². The van der Waals surface area contributed by atoms with Crippen LogP contribution in [0.3, 0.4) is 0 Å². The zero-order valence-electron chi connectivity index (χ0n) is 22.3. The summed E-state index contributed by atoms with van der Waals surface area (Å²) in [6, 6.07) is 44.9. The van der Waals surface area contributed by atoms with Crippen molar-refractivity contribution in [3.05, 3.63) is 133 Å². The molecule has 0 aliphatic heterocycles. The maximum Gasteiger partial charge on any atom is 0.213 e. The molecule has 0 radical (unpaired) electrons. The first-order chi connectivity index (χ1) is 19.8. The van der Waals surface area contributed by atoms with Crippen molar-refractivity contribution < 1.29 is 33.4 Å². The van der Waals surface area contributed by atoms with E-state index >= 15 is 0 Å². The number of aromatic nitrogens is 3. The van der Waals surface area contributed by atoms with E-state index in [2.05, 4.69) is 132 Å². The van der Waals surface area contributed by atoms with Crippen molar-refractivity contribution in [3.8, 4) is 33.6 Å². The Morgan fingerprint density at radius 1 is 0.634 bits per heavy atom. The topological polar surface area (TPSA) is 125 Å². The van der Waals surface area contributed by atoms with Crippen LogP contribution in [0.25, 0.3) is 44.7 Å². The number of H-pyrrole nitrogens is 1. The van der Waals surface area contributed by atoms with E-state index in [9.17, 15) is 0 Å². The highest BCUT2D eigenvalue weighted by atomic mass is 35.7. The molecule has 0 aliphatic rings. The lowest BCUT2D eigenvalue weighted by molar-refractivity contribution is -2.00. The summed E-state index contributed by atoms with van der Waals surface area (Å²) < 4.78 is 36.4. The van der Waals surface area contributed by atoms with Crippen molar-refractivity contribution in [2.75, 3.05) is 0 Å². The fourth-order valence-electron chi connectivity index (χ4n) is 4.88. The van der Waals surface area contributed by atoms with Crippen LogP contribution >= 0.6 is 0 Å². The molecular weight excluding hydrogens is 538 g/mol. The first-order valence-electron chi connectivity index (χ1n) is 13.1. The van der Waals surface area contributed by atoms with Crippen LogP contribution in [-0.2, 0) is 6.54 Å². The molecule has 4 aromatic carbocycles. The number of halogens is 1. The SMILES string of the molecule is CC(C[n+]1c(-c2ccccc2)cc(-c2ccccc2)cc1-c1ccccc1)c1nc2ccccc2[nH]1.[O-][Cl+3]([O-])([O-])[O-]. The highest BCUT2D eigenvalue weighted by Crippen LogP contribution is 2.30. The molecule has 1 unspecified atom stereocenters. The van der Waals surface area contributed by atoms with E-state index < -0.39 is 10.2 Å². The Labute approximate surface area is 240 Å². The number of nitrogens with one attached hydrogen (secondary N) is 1. The Morgan fingerprint density at radius 3 is 1.56 bits per heavy atom. The molecule has 0 saturated heterocycles. The van der Waals surface area contributed by atoms with Gasteiger partial charge in [0.15, 0.2) is 6.54 Å². The van der Waals surface area contributed by atoms with Gasteiger partial charge in [0.2, 0.25) is 11.4 Å². The minimum Gasteiger partial charge on any atom is -0.342 e. The Bertz CT molecular complexity index is 1620. The number of aromatic amines is 1. The van der Waals surface area contributed by atoms with Gasteiger partial charge in [-0.3, -0.25) is 0 Å². The van der Waals surface area contributed by atoms with E-state index in [0.29, 0.717) is 0 Å². The Hall–Kier alpha value is -4.37. The number of fused-ring (bicyclic) bond motifs is 1. The normalized spacial score (nSPS) is 12.0. The number of hydrogen-bond acceptors (Lipinski definition) is 5. The number of rotatable bonds is 6. The lowest BCUT2D eigenvalue weighted by Crippen LogP contribution is -2.68. The molecule has 1 N–H and O–H groups in total. The third-order valence-corrected chi connectivity index (χ3v) is 6.74. The summed E-state index contributed by atoms with van der Waals surface area (Å²) in [6.07, 6.45) is 0. The van der Waals surface area contributed by atoms with Gasteiger partial charge in [-0.1, -0.05) is 78.9 Å².